The highest BCUT2D eigenvalue weighted by Crippen LogP contribution is 2.26. The molecule has 0 fully saturated rings. The molecule has 0 atom stereocenters. The van der Waals surface area contributed by atoms with Crippen molar-refractivity contribution < 1.29 is 17.9 Å². The van der Waals surface area contributed by atoms with Crippen LogP contribution in [-0.2, 0) is 10.0 Å². The lowest BCUT2D eigenvalue weighted by Gasteiger charge is -2.23. The zero-order valence-corrected chi connectivity index (χ0v) is 18.4. The van der Waals surface area contributed by atoms with Gasteiger partial charge in [-0.25, -0.2) is 8.42 Å². The van der Waals surface area contributed by atoms with Crippen molar-refractivity contribution >= 4 is 27.3 Å². The molecule has 0 aliphatic carbocycles. The van der Waals surface area contributed by atoms with Crippen LogP contribution in [0.3, 0.4) is 0 Å². The molecule has 0 aliphatic rings. The summed E-state index contributed by atoms with van der Waals surface area (Å²) in [5.41, 5.74) is 1.35. The lowest BCUT2D eigenvalue weighted by Crippen LogP contribution is -2.31. The van der Waals surface area contributed by atoms with Crippen molar-refractivity contribution in [1.82, 2.24) is 0 Å². The summed E-state index contributed by atoms with van der Waals surface area (Å²) < 4.78 is 33.5. The Bertz CT molecular complexity index is 1130. The number of para-hydroxylation sites is 3. The first-order chi connectivity index (χ1) is 15.0. The average Bonchev–Trinajstić information content (AvgIpc) is 2.79. The van der Waals surface area contributed by atoms with Crippen LogP contribution in [0.5, 0.6) is 5.75 Å². The number of benzene rings is 3. The van der Waals surface area contributed by atoms with Crippen LogP contribution < -0.4 is 14.4 Å². The second kappa shape index (κ2) is 10.1. The molecule has 7 heteroatoms. The fourth-order valence-electron chi connectivity index (χ4n) is 3.11. The third-order valence-electron chi connectivity index (χ3n) is 4.61. The molecule has 0 spiro atoms. The molecule has 3 aromatic carbocycles. The van der Waals surface area contributed by atoms with Gasteiger partial charge >= 0.3 is 0 Å². The minimum absolute atomic E-state index is 0.0568. The first kappa shape index (κ1) is 22.4. The van der Waals surface area contributed by atoms with Crippen molar-refractivity contribution in [3.63, 3.8) is 0 Å². The Balaban J connectivity index is 1.87. The van der Waals surface area contributed by atoms with E-state index in [-0.39, 0.29) is 17.0 Å². The van der Waals surface area contributed by atoms with Crippen molar-refractivity contribution in [3.8, 4) is 5.75 Å². The van der Waals surface area contributed by atoms with E-state index in [0.717, 1.165) is 6.42 Å². The van der Waals surface area contributed by atoms with Gasteiger partial charge in [-0.3, -0.25) is 9.10 Å². The van der Waals surface area contributed by atoms with Crippen LogP contribution in [0.25, 0.3) is 0 Å². The van der Waals surface area contributed by atoms with E-state index in [1.807, 2.05) is 19.1 Å². The molecule has 31 heavy (non-hydrogen) atoms. The van der Waals surface area contributed by atoms with Gasteiger partial charge in [-0.15, -0.1) is 0 Å². The van der Waals surface area contributed by atoms with E-state index in [4.69, 9.17) is 4.74 Å². The molecular weight excluding hydrogens is 412 g/mol. The summed E-state index contributed by atoms with van der Waals surface area (Å²) >= 11 is 0. The molecule has 162 valence electrons. The van der Waals surface area contributed by atoms with Gasteiger partial charge in [0, 0.05) is 12.1 Å². The van der Waals surface area contributed by atoms with Crippen LogP contribution in [0.4, 0.5) is 11.4 Å². The molecule has 0 unspecified atom stereocenters. The lowest BCUT2D eigenvalue weighted by atomic mass is 10.2. The molecule has 0 saturated carbocycles. The van der Waals surface area contributed by atoms with Crippen molar-refractivity contribution in [3.05, 3.63) is 84.4 Å². The Morgan fingerprint density at radius 1 is 0.935 bits per heavy atom. The van der Waals surface area contributed by atoms with Crippen molar-refractivity contribution in [2.75, 3.05) is 22.8 Å². The van der Waals surface area contributed by atoms with Crippen molar-refractivity contribution in [2.45, 2.75) is 25.2 Å². The second-order valence-electron chi connectivity index (χ2n) is 6.83. The Kier molecular flexibility index (Phi) is 7.31. The number of carbonyl (C=O) groups excluding carboxylic acids is 1. The normalized spacial score (nSPS) is 11.0. The maximum absolute atomic E-state index is 13.2. The van der Waals surface area contributed by atoms with Crippen LogP contribution in [0, 0.1) is 0 Å². The predicted octanol–water partition coefficient (Wildman–Crippen LogP) is 4.94. The largest absolute Gasteiger partial charge is 0.491 e. The first-order valence-electron chi connectivity index (χ1n) is 10.2. The monoisotopic (exact) mass is 438 g/mol. The van der Waals surface area contributed by atoms with Crippen LogP contribution in [-0.4, -0.2) is 27.5 Å². The van der Waals surface area contributed by atoms with Crippen LogP contribution >= 0.6 is 0 Å². The number of rotatable bonds is 9. The number of ether oxygens (including phenoxy) is 1. The van der Waals surface area contributed by atoms with Gasteiger partial charge in [0.05, 0.1) is 22.9 Å². The number of hydrogen-bond acceptors (Lipinski definition) is 4. The first-order valence-corrected chi connectivity index (χ1v) is 11.6. The highest BCUT2D eigenvalue weighted by Gasteiger charge is 2.24. The van der Waals surface area contributed by atoms with Crippen LogP contribution in [0.2, 0.25) is 0 Å². The number of hydrogen-bond donors (Lipinski definition) is 1. The standard InChI is InChI=1S/C24H26N2O4S/c1-3-17-30-23-16-9-8-15-22(23)25-24(27)19-11-10-14-21(18-19)31(28,29)26(4-2)20-12-6-5-7-13-20/h5-16,18H,3-4,17H2,1-2H3,(H,25,27). The lowest BCUT2D eigenvalue weighted by molar-refractivity contribution is 0.102. The van der Waals surface area contributed by atoms with Gasteiger partial charge in [0.25, 0.3) is 15.9 Å². The zero-order valence-electron chi connectivity index (χ0n) is 17.6. The smallest absolute Gasteiger partial charge is 0.264 e. The molecule has 3 aromatic rings. The summed E-state index contributed by atoms with van der Waals surface area (Å²) in [6.07, 6.45) is 0.845. The van der Waals surface area contributed by atoms with E-state index in [1.54, 1.807) is 61.5 Å². The number of nitrogens with zero attached hydrogens (tertiary/aromatic N) is 1. The number of anilines is 2. The molecule has 0 aromatic heterocycles. The van der Waals surface area contributed by atoms with Gasteiger partial charge in [-0.2, -0.15) is 0 Å². The van der Waals surface area contributed by atoms with Gasteiger partial charge in [-0.05, 0) is 55.8 Å². The minimum Gasteiger partial charge on any atom is -0.491 e. The molecule has 0 radical (unpaired) electrons. The fraction of sp³-hybridized carbons (Fsp3) is 0.208. The van der Waals surface area contributed by atoms with E-state index in [1.165, 1.54) is 16.4 Å². The summed E-state index contributed by atoms with van der Waals surface area (Å²) in [7, 11) is -3.82. The number of amides is 1. The quantitative estimate of drug-likeness (QED) is 0.513. The molecule has 6 nitrogen and oxygen atoms in total. The Morgan fingerprint density at radius 3 is 2.35 bits per heavy atom. The maximum Gasteiger partial charge on any atom is 0.264 e. The van der Waals surface area contributed by atoms with E-state index < -0.39 is 15.9 Å². The van der Waals surface area contributed by atoms with E-state index in [9.17, 15) is 13.2 Å². The number of sulfonamides is 1. The van der Waals surface area contributed by atoms with Gasteiger partial charge in [0.2, 0.25) is 0 Å². The third kappa shape index (κ3) is 5.24. The Morgan fingerprint density at radius 2 is 1.65 bits per heavy atom. The SMILES string of the molecule is CCCOc1ccccc1NC(=O)c1cccc(S(=O)(=O)N(CC)c2ccccc2)c1. The summed E-state index contributed by atoms with van der Waals surface area (Å²) in [4.78, 5) is 12.9. The molecule has 3 rings (SSSR count). The van der Waals surface area contributed by atoms with E-state index >= 15 is 0 Å². The topological polar surface area (TPSA) is 75.7 Å². The summed E-state index contributed by atoms with van der Waals surface area (Å²) in [5.74, 6) is 0.162. The molecule has 1 amide bonds. The van der Waals surface area contributed by atoms with Gasteiger partial charge in [0.15, 0.2) is 0 Å². The fourth-order valence-corrected chi connectivity index (χ4v) is 4.63. The molecule has 0 saturated heterocycles. The summed E-state index contributed by atoms with van der Waals surface area (Å²) in [6, 6.07) is 22.1. The average molecular weight is 439 g/mol. The maximum atomic E-state index is 13.2. The van der Waals surface area contributed by atoms with Crippen molar-refractivity contribution in [1.29, 1.82) is 0 Å². The zero-order chi connectivity index (χ0) is 22.3. The Hall–Kier alpha value is -3.32. The highest BCUT2D eigenvalue weighted by atomic mass is 32.2. The number of carbonyl (C=O) groups is 1. The van der Waals surface area contributed by atoms with Gasteiger partial charge in [0.1, 0.15) is 5.75 Å². The molecular formula is C24H26N2O4S. The second-order valence-corrected chi connectivity index (χ2v) is 8.69. The molecule has 1 N–H and O–H groups in total. The predicted molar refractivity (Wildman–Crippen MR) is 123 cm³/mol. The van der Waals surface area contributed by atoms with Crippen molar-refractivity contribution in [2.24, 2.45) is 0 Å². The molecule has 0 aliphatic heterocycles. The van der Waals surface area contributed by atoms with Gasteiger partial charge in [-0.1, -0.05) is 43.3 Å². The summed E-state index contributed by atoms with van der Waals surface area (Å²) in [5, 5.41) is 2.82. The third-order valence-corrected chi connectivity index (χ3v) is 6.51. The molecule has 0 bridgehead atoms. The Labute approximate surface area is 183 Å². The minimum atomic E-state index is -3.82. The summed E-state index contributed by atoms with van der Waals surface area (Å²) in [6.45, 7) is 4.58. The van der Waals surface area contributed by atoms with Crippen LogP contribution in [0.1, 0.15) is 30.6 Å². The van der Waals surface area contributed by atoms with E-state index in [2.05, 4.69) is 5.32 Å². The number of nitrogens with one attached hydrogen (secondary N) is 1. The van der Waals surface area contributed by atoms with Crippen LogP contribution in [0.15, 0.2) is 83.8 Å². The highest BCUT2D eigenvalue weighted by molar-refractivity contribution is 7.92. The molecule has 0 heterocycles. The van der Waals surface area contributed by atoms with Gasteiger partial charge < -0.3 is 10.1 Å². The van der Waals surface area contributed by atoms with E-state index in [0.29, 0.717) is 23.7 Å².